The predicted molar refractivity (Wildman–Crippen MR) is 90.2 cm³/mol. The van der Waals surface area contributed by atoms with Crippen molar-refractivity contribution in [3.05, 3.63) is 57.5 Å². The van der Waals surface area contributed by atoms with E-state index in [0.717, 1.165) is 15.8 Å². The highest BCUT2D eigenvalue weighted by atomic mass is 79.9. The summed E-state index contributed by atoms with van der Waals surface area (Å²) in [7, 11) is 0. The maximum atomic E-state index is 5.83. The summed E-state index contributed by atoms with van der Waals surface area (Å²) < 4.78 is 0.979. The van der Waals surface area contributed by atoms with Gasteiger partial charge in [-0.1, -0.05) is 17.7 Å². The molecule has 2 aromatic carbocycles. The summed E-state index contributed by atoms with van der Waals surface area (Å²) in [5, 5.41) is 7.48. The van der Waals surface area contributed by atoms with E-state index < -0.39 is 0 Å². The number of nitrogens with one attached hydrogen (secondary N) is 2. The Hall–Kier alpha value is -1.10. The summed E-state index contributed by atoms with van der Waals surface area (Å²) in [6.45, 7) is 2.04. The first-order valence-corrected chi connectivity index (χ1v) is 7.22. The van der Waals surface area contributed by atoms with Crippen LogP contribution in [0, 0.1) is 6.92 Å². The molecule has 0 atom stereocenters. The molecule has 0 amide bonds. The molecule has 0 saturated carbocycles. The van der Waals surface area contributed by atoms with Crippen LogP contribution < -0.4 is 10.6 Å². The van der Waals surface area contributed by atoms with Gasteiger partial charge < -0.3 is 10.6 Å². The Bertz CT molecular complexity index is 599. The van der Waals surface area contributed by atoms with Crippen molar-refractivity contribution < 1.29 is 0 Å². The molecule has 98 valence electrons. The zero-order valence-corrected chi connectivity index (χ0v) is 13.4. The number of rotatable bonds is 2. The molecule has 0 spiro atoms. The normalized spacial score (nSPS) is 10.1. The summed E-state index contributed by atoms with van der Waals surface area (Å²) in [5.41, 5.74) is 3.01. The number of hydrogen-bond acceptors (Lipinski definition) is 1. The molecule has 0 aliphatic heterocycles. The van der Waals surface area contributed by atoms with Gasteiger partial charge in [-0.2, -0.15) is 0 Å². The van der Waals surface area contributed by atoms with Gasteiger partial charge in [-0.25, -0.2) is 0 Å². The molecule has 2 N–H and O–H groups in total. The van der Waals surface area contributed by atoms with Gasteiger partial charge >= 0.3 is 0 Å². The van der Waals surface area contributed by atoms with Gasteiger partial charge in [0.2, 0.25) is 0 Å². The Balaban J connectivity index is 2.03. The van der Waals surface area contributed by atoms with E-state index in [-0.39, 0.29) is 0 Å². The lowest BCUT2D eigenvalue weighted by atomic mass is 10.2. The number of thiocarbonyl (C=S) groups is 1. The van der Waals surface area contributed by atoms with Crippen molar-refractivity contribution in [2.45, 2.75) is 6.92 Å². The average Bonchev–Trinajstić information content (AvgIpc) is 2.36. The van der Waals surface area contributed by atoms with Crippen molar-refractivity contribution in [2.75, 3.05) is 10.6 Å². The zero-order chi connectivity index (χ0) is 13.8. The Labute approximate surface area is 131 Å². The van der Waals surface area contributed by atoms with Crippen LogP contribution >= 0.6 is 39.7 Å². The molecule has 2 rings (SSSR count). The lowest BCUT2D eigenvalue weighted by Crippen LogP contribution is -2.19. The Morgan fingerprint density at radius 1 is 1.11 bits per heavy atom. The molecule has 0 bridgehead atoms. The molecule has 0 aliphatic carbocycles. The van der Waals surface area contributed by atoms with Crippen LogP contribution in [0.1, 0.15) is 5.56 Å². The second-order valence-electron chi connectivity index (χ2n) is 4.07. The first-order chi connectivity index (χ1) is 9.04. The summed E-state index contributed by atoms with van der Waals surface area (Å²) in [6, 6.07) is 13.4. The fourth-order valence-electron chi connectivity index (χ4n) is 1.54. The first-order valence-electron chi connectivity index (χ1n) is 5.64. The quantitative estimate of drug-likeness (QED) is 0.722. The standard InChI is InChI=1S/C14H12BrClN2S/c1-9-2-7-13(12(15)8-9)18-14(19)17-11-5-3-10(16)4-6-11/h2-8H,1H3,(H2,17,18,19). The van der Waals surface area contributed by atoms with Gasteiger partial charge in [0.25, 0.3) is 0 Å². The number of anilines is 2. The Morgan fingerprint density at radius 2 is 1.79 bits per heavy atom. The number of benzene rings is 2. The van der Waals surface area contributed by atoms with Crippen LogP contribution in [0.2, 0.25) is 5.02 Å². The first kappa shape index (κ1) is 14.3. The van der Waals surface area contributed by atoms with Crippen molar-refractivity contribution in [2.24, 2.45) is 0 Å². The molecule has 0 unspecified atom stereocenters. The van der Waals surface area contributed by atoms with E-state index in [2.05, 4.69) is 26.6 Å². The molecule has 0 aromatic heterocycles. The van der Waals surface area contributed by atoms with Crippen LogP contribution in [0.5, 0.6) is 0 Å². The van der Waals surface area contributed by atoms with E-state index in [0.29, 0.717) is 10.1 Å². The van der Waals surface area contributed by atoms with Crippen molar-refractivity contribution in [1.29, 1.82) is 0 Å². The van der Waals surface area contributed by atoms with Crippen LogP contribution in [0.3, 0.4) is 0 Å². The third kappa shape index (κ3) is 4.20. The second-order valence-corrected chi connectivity index (χ2v) is 5.77. The van der Waals surface area contributed by atoms with E-state index in [9.17, 15) is 0 Å². The smallest absolute Gasteiger partial charge is 0.175 e. The van der Waals surface area contributed by atoms with Crippen molar-refractivity contribution >= 4 is 56.2 Å². The molecule has 2 aromatic rings. The summed E-state index contributed by atoms with van der Waals surface area (Å²) in [6.07, 6.45) is 0. The molecule has 2 nitrogen and oxygen atoms in total. The van der Waals surface area contributed by atoms with Crippen molar-refractivity contribution in [3.63, 3.8) is 0 Å². The molecule has 0 fully saturated rings. The molecule has 0 saturated heterocycles. The van der Waals surface area contributed by atoms with Crippen LogP contribution in [0.4, 0.5) is 11.4 Å². The van der Waals surface area contributed by atoms with Gasteiger partial charge in [-0.15, -0.1) is 0 Å². The van der Waals surface area contributed by atoms with E-state index in [1.807, 2.05) is 49.4 Å². The van der Waals surface area contributed by atoms with Gasteiger partial charge in [0.1, 0.15) is 0 Å². The third-order valence-electron chi connectivity index (χ3n) is 2.47. The highest BCUT2D eigenvalue weighted by Gasteiger charge is 2.03. The van der Waals surface area contributed by atoms with Crippen LogP contribution in [0.15, 0.2) is 46.9 Å². The van der Waals surface area contributed by atoms with Gasteiger partial charge in [-0.05, 0) is 77.0 Å². The van der Waals surface area contributed by atoms with Crippen molar-refractivity contribution in [1.82, 2.24) is 0 Å². The molecular weight excluding hydrogens is 344 g/mol. The van der Waals surface area contributed by atoms with Crippen molar-refractivity contribution in [3.8, 4) is 0 Å². The minimum atomic E-state index is 0.534. The van der Waals surface area contributed by atoms with Crippen LogP contribution in [-0.2, 0) is 0 Å². The molecule has 0 aliphatic rings. The maximum Gasteiger partial charge on any atom is 0.175 e. The fourth-order valence-corrected chi connectivity index (χ4v) is 2.49. The topological polar surface area (TPSA) is 24.1 Å². The number of aryl methyl sites for hydroxylation is 1. The van der Waals surface area contributed by atoms with Crippen LogP contribution in [0.25, 0.3) is 0 Å². The Morgan fingerprint density at radius 3 is 2.42 bits per heavy atom. The molecule has 0 heterocycles. The summed E-state index contributed by atoms with van der Waals surface area (Å²) in [5.74, 6) is 0. The number of halogens is 2. The molecule has 5 heteroatoms. The van der Waals surface area contributed by atoms with E-state index in [4.69, 9.17) is 23.8 Å². The summed E-state index contributed by atoms with van der Waals surface area (Å²) >= 11 is 14.6. The predicted octanol–water partition coefficient (Wildman–Crippen LogP) is 5.22. The van der Waals surface area contributed by atoms with E-state index >= 15 is 0 Å². The average molecular weight is 356 g/mol. The lowest BCUT2D eigenvalue weighted by Gasteiger charge is -2.12. The minimum absolute atomic E-state index is 0.534. The fraction of sp³-hybridized carbons (Fsp3) is 0.0714. The third-order valence-corrected chi connectivity index (χ3v) is 3.59. The van der Waals surface area contributed by atoms with E-state index in [1.54, 1.807) is 0 Å². The second kappa shape index (κ2) is 6.37. The monoisotopic (exact) mass is 354 g/mol. The molecule has 19 heavy (non-hydrogen) atoms. The molecular formula is C14H12BrClN2S. The highest BCUT2D eigenvalue weighted by Crippen LogP contribution is 2.23. The zero-order valence-electron chi connectivity index (χ0n) is 10.2. The van der Waals surface area contributed by atoms with Crippen LogP contribution in [-0.4, -0.2) is 5.11 Å². The van der Waals surface area contributed by atoms with Gasteiger partial charge in [0, 0.05) is 15.2 Å². The van der Waals surface area contributed by atoms with Gasteiger partial charge in [0.15, 0.2) is 5.11 Å². The highest BCUT2D eigenvalue weighted by molar-refractivity contribution is 9.10. The number of hydrogen-bond donors (Lipinski definition) is 2. The van der Waals surface area contributed by atoms with Gasteiger partial charge in [0.05, 0.1) is 5.69 Å². The largest absolute Gasteiger partial charge is 0.332 e. The van der Waals surface area contributed by atoms with Gasteiger partial charge in [-0.3, -0.25) is 0 Å². The van der Waals surface area contributed by atoms with E-state index in [1.165, 1.54) is 5.56 Å². The lowest BCUT2D eigenvalue weighted by molar-refractivity contribution is 1.44. The molecule has 0 radical (unpaired) electrons. The summed E-state index contributed by atoms with van der Waals surface area (Å²) in [4.78, 5) is 0. The minimum Gasteiger partial charge on any atom is -0.332 e. The SMILES string of the molecule is Cc1ccc(NC(=S)Nc2ccc(Cl)cc2)c(Br)c1. The Kier molecular flexibility index (Phi) is 4.80. The maximum absolute atomic E-state index is 5.83.